The van der Waals surface area contributed by atoms with Gasteiger partial charge in [-0.2, -0.15) is 5.09 Å². The van der Waals surface area contributed by atoms with E-state index in [1.807, 2.05) is 91.0 Å². The molecule has 3 aromatic rings. The predicted octanol–water partition coefficient (Wildman–Crippen LogP) is 5.89. The number of rotatable bonds is 14. The molecule has 1 saturated heterocycles. The molecule has 5 atom stereocenters. The molecule has 0 saturated carbocycles. The maximum absolute atomic E-state index is 13.0. The topological polar surface area (TPSA) is 84.5 Å². The van der Waals surface area contributed by atoms with E-state index >= 15 is 0 Å². The molecule has 210 valence electrons. The van der Waals surface area contributed by atoms with Gasteiger partial charge in [-0.25, -0.2) is 4.57 Å². The molecule has 0 aliphatic carbocycles. The Morgan fingerprint density at radius 2 is 1.21 bits per heavy atom. The molecule has 8 nitrogen and oxygen atoms in total. The van der Waals surface area contributed by atoms with Gasteiger partial charge < -0.3 is 28.0 Å². The smallest absolute Gasteiger partial charge is 0.374 e. The van der Waals surface area contributed by atoms with E-state index in [9.17, 15) is 4.57 Å². The van der Waals surface area contributed by atoms with E-state index in [-0.39, 0.29) is 10.5 Å². The quantitative estimate of drug-likeness (QED) is 0.130. The maximum atomic E-state index is 13.0. The minimum atomic E-state index is -3.59. The molecule has 10 heteroatoms. The zero-order valence-electron chi connectivity index (χ0n) is 22.1. The Kier molecular flexibility index (Phi) is 11.9. The lowest BCUT2D eigenvalue weighted by atomic mass is 10.00. The highest BCUT2D eigenvalue weighted by molar-refractivity contribution is 14.1. The zero-order valence-corrected chi connectivity index (χ0v) is 25.1. The van der Waals surface area contributed by atoms with Gasteiger partial charge in [0.1, 0.15) is 24.5 Å². The van der Waals surface area contributed by atoms with Crippen molar-refractivity contribution in [3.05, 3.63) is 108 Å². The Balaban J connectivity index is 1.57. The van der Waals surface area contributed by atoms with Gasteiger partial charge in [-0.15, -0.1) is 0 Å². The summed E-state index contributed by atoms with van der Waals surface area (Å²) in [5.41, 5.74) is 3.13. The van der Waals surface area contributed by atoms with E-state index in [1.54, 1.807) is 0 Å². The molecule has 1 aliphatic rings. The maximum Gasteiger partial charge on any atom is 0.407 e. The number of nitrogens with one attached hydrogen (secondary N) is 1. The largest absolute Gasteiger partial charge is 0.407 e. The van der Waals surface area contributed by atoms with Crippen molar-refractivity contribution in [2.45, 2.75) is 48.3 Å². The average molecular weight is 667 g/mol. The highest BCUT2D eigenvalue weighted by Crippen LogP contribution is 2.44. The minimum Gasteiger partial charge on any atom is -0.374 e. The Morgan fingerprint density at radius 1 is 0.744 bits per heavy atom. The van der Waals surface area contributed by atoms with Gasteiger partial charge in [-0.05, 0) is 16.7 Å². The van der Waals surface area contributed by atoms with Crippen LogP contribution in [0.25, 0.3) is 0 Å². The number of hydrogen-bond donors (Lipinski definition) is 1. The first-order valence-electron chi connectivity index (χ1n) is 12.7. The van der Waals surface area contributed by atoms with E-state index in [2.05, 4.69) is 27.7 Å². The summed E-state index contributed by atoms with van der Waals surface area (Å²) in [5, 5.41) is 2.93. The van der Waals surface area contributed by atoms with Gasteiger partial charge in [0, 0.05) is 14.2 Å². The predicted molar refractivity (Wildman–Crippen MR) is 157 cm³/mol. The van der Waals surface area contributed by atoms with Gasteiger partial charge in [-0.1, -0.05) is 114 Å². The summed E-state index contributed by atoms with van der Waals surface area (Å²) in [4.78, 5) is 0. The molecule has 0 spiro atoms. The van der Waals surface area contributed by atoms with Gasteiger partial charge in [0.25, 0.3) is 0 Å². The van der Waals surface area contributed by atoms with Crippen molar-refractivity contribution in [2.75, 3.05) is 20.8 Å². The Bertz CT molecular complexity index is 1150. The number of hydrogen-bond acceptors (Lipinski definition) is 7. The molecule has 0 amide bonds. The fraction of sp³-hybridized carbons (Fsp3) is 0.379. The number of halogens is 1. The van der Waals surface area contributed by atoms with E-state index in [0.717, 1.165) is 16.7 Å². The molecule has 3 aromatic carbocycles. The third kappa shape index (κ3) is 8.91. The second kappa shape index (κ2) is 15.4. The lowest BCUT2D eigenvalue weighted by Crippen LogP contribution is -2.61. The van der Waals surface area contributed by atoms with E-state index in [0.29, 0.717) is 19.8 Å². The summed E-state index contributed by atoms with van der Waals surface area (Å²) in [5.74, 6) is 0. The van der Waals surface area contributed by atoms with Crippen LogP contribution in [0.15, 0.2) is 91.0 Å². The van der Waals surface area contributed by atoms with Crippen molar-refractivity contribution in [1.82, 2.24) is 5.09 Å². The van der Waals surface area contributed by atoms with Gasteiger partial charge >= 0.3 is 7.75 Å². The van der Waals surface area contributed by atoms with Crippen LogP contribution < -0.4 is 5.09 Å². The lowest BCUT2D eigenvalue weighted by molar-refractivity contribution is -0.217. The number of benzene rings is 3. The Hall–Kier alpha value is -1.66. The molecule has 1 fully saturated rings. The van der Waals surface area contributed by atoms with Crippen LogP contribution in [0.3, 0.4) is 0 Å². The highest BCUT2D eigenvalue weighted by atomic mass is 127. The third-order valence-corrected chi connectivity index (χ3v) is 9.24. The van der Waals surface area contributed by atoms with Gasteiger partial charge in [0.2, 0.25) is 0 Å². The Labute approximate surface area is 244 Å². The number of ether oxygens (including phenoxy) is 4. The standard InChI is InChI=1S/C29H35INO7P/c1-33-39(32,34-2)31-29-26(30)28(37-20-24-16-10-5-11-17-24)27(36-19-23-14-8-4-9-15-23)25(38-29)21-35-18-22-12-6-3-7-13-22/h3-17,25-29H,18-21H2,1-2H3,(H,31,32)/t25-,26+,27-,28-,29+/m1/s1. The summed E-state index contributed by atoms with van der Waals surface area (Å²) in [6.07, 6.45) is -2.12. The summed E-state index contributed by atoms with van der Waals surface area (Å²) < 4.78 is 48.5. The van der Waals surface area contributed by atoms with Crippen LogP contribution in [0.2, 0.25) is 0 Å². The number of alkyl halides is 1. The van der Waals surface area contributed by atoms with Crippen molar-refractivity contribution in [3.8, 4) is 0 Å². The molecule has 0 unspecified atom stereocenters. The van der Waals surface area contributed by atoms with Crippen molar-refractivity contribution in [1.29, 1.82) is 0 Å². The SMILES string of the molecule is COP(=O)(N[C@H]1O[C@H](COCc2ccccc2)[C@@H](OCc2ccccc2)[C@H](OCc2ccccc2)[C@@H]1I)OC. The third-order valence-electron chi connectivity index (χ3n) is 6.34. The molecule has 1 heterocycles. The van der Waals surface area contributed by atoms with Crippen LogP contribution in [0.5, 0.6) is 0 Å². The zero-order chi connectivity index (χ0) is 27.5. The fourth-order valence-corrected chi connectivity index (χ4v) is 6.41. The van der Waals surface area contributed by atoms with Crippen molar-refractivity contribution < 1.29 is 32.6 Å². The molecule has 1 N–H and O–H groups in total. The van der Waals surface area contributed by atoms with Crippen molar-refractivity contribution >= 4 is 30.3 Å². The van der Waals surface area contributed by atoms with Gasteiger partial charge in [0.15, 0.2) is 0 Å². The molecule has 0 aromatic heterocycles. The summed E-state index contributed by atoms with van der Waals surface area (Å²) in [7, 11) is -0.928. The minimum absolute atomic E-state index is 0.241. The van der Waals surface area contributed by atoms with Crippen LogP contribution >= 0.6 is 30.3 Å². The highest BCUT2D eigenvalue weighted by Gasteiger charge is 2.48. The summed E-state index contributed by atoms with van der Waals surface area (Å²) in [6, 6.07) is 29.9. The molecule has 0 bridgehead atoms. The van der Waals surface area contributed by atoms with E-state index < -0.39 is 32.3 Å². The Morgan fingerprint density at radius 3 is 1.69 bits per heavy atom. The second-order valence-corrected chi connectivity index (χ2v) is 12.5. The molecule has 1 aliphatic heterocycles. The van der Waals surface area contributed by atoms with Crippen LogP contribution in [0, 0.1) is 0 Å². The molecular weight excluding hydrogens is 632 g/mol. The molecular formula is C29H35INO7P. The first-order valence-corrected chi connectivity index (χ1v) is 15.5. The van der Waals surface area contributed by atoms with Gasteiger partial charge in [-0.3, -0.25) is 0 Å². The van der Waals surface area contributed by atoms with Crippen LogP contribution in [0.1, 0.15) is 16.7 Å². The van der Waals surface area contributed by atoms with Crippen LogP contribution in [-0.4, -0.2) is 49.3 Å². The lowest BCUT2D eigenvalue weighted by Gasteiger charge is -2.45. The molecule has 39 heavy (non-hydrogen) atoms. The normalized spacial score (nSPS) is 23.5. The monoisotopic (exact) mass is 667 g/mol. The molecule has 4 rings (SSSR count). The molecule has 0 radical (unpaired) electrons. The first-order chi connectivity index (χ1) is 19.0. The van der Waals surface area contributed by atoms with Crippen LogP contribution in [-0.2, 0) is 52.4 Å². The summed E-state index contributed by atoms with van der Waals surface area (Å²) >= 11 is 2.26. The second-order valence-electron chi connectivity index (χ2n) is 9.05. The average Bonchev–Trinajstić information content (AvgIpc) is 2.98. The van der Waals surface area contributed by atoms with Crippen LogP contribution in [0.4, 0.5) is 0 Å². The van der Waals surface area contributed by atoms with Crippen molar-refractivity contribution in [2.24, 2.45) is 0 Å². The first kappa shape index (κ1) is 30.3. The summed E-state index contributed by atoms with van der Waals surface area (Å²) in [6.45, 7) is 1.42. The fourth-order valence-electron chi connectivity index (χ4n) is 4.27. The van der Waals surface area contributed by atoms with E-state index in [4.69, 9.17) is 28.0 Å². The van der Waals surface area contributed by atoms with E-state index in [1.165, 1.54) is 14.2 Å². The van der Waals surface area contributed by atoms with Crippen molar-refractivity contribution in [3.63, 3.8) is 0 Å². The van der Waals surface area contributed by atoms with Gasteiger partial charge in [0.05, 0.1) is 30.4 Å².